The van der Waals surface area contributed by atoms with Gasteiger partial charge in [0.2, 0.25) is 11.8 Å². The van der Waals surface area contributed by atoms with Gasteiger partial charge in [-0.3, -0.25) is 19.9 Å². The van der Waals surface area contributed by atoms with E-state index >= 15 is 0 Å². The first-order chi connectivity index (χ1) is 12.7. The summed E-state index contributed by atoms with van der Waals surface area (Å²) in [4.78, 5) is 31.1. The maximum atomic E-state index is 13.0. The van der Waals surface area contributed by atoms with Gasteiger partial charge in [-0.25, -0.2) is 0 Å². The number of hydrogen-bond donors (Lipinski definition) is 2. The maximum Gasteiger partial charge on any atom is 0.244 e. The first-order valence-electron chi connectivity index (χ1n) is 9.01. The molecule has 0 bridgehead atoms. The lowest BCUT2D eigenvalue weighted by Crippen LogP contribution is -2.45. The lowest BCUT2D eigenvalue weighted by Gasteiger charge is -2.31. The minimum absolute atomic E-state index is 0.0325. The molecule has 3 rings (SSSR count). The summed E-state index contributed by atoms with van der Waals surface area (Å²) in [6.07, 6.45) is 6.48. The van der Waals surface area contributed by atoms with Crippen LogP contribution < -0.4 is 10.6 Å². The summed E-state index contributed by atoms with van der Waals surface area (Å²) in [5.41, 5.74) is 1.51. The lowest BCUT2D eigenvalue weighted by molar-refractivity contribution is -0.134. The monoisotopic (exact) mass is 352 g/mol. The van der Waals surface area contributed by atoms with Crippen LogP contribution in [0.1, 0.15) is 30.9 Å². The number of nitrogens with one attached hydrogen (secondary N) is 2. The highest BCUT2D eigenvalue weighted by Gasteiger charge is 2.27. The van der Waals surface area contributed by atoms with Crippen LogP contribution in [0.4, 0.5) is 5.69 Å². The molecule has 0 aliphatic carbocycles. The number of likely N-dealkylation sites (tertiary alicyclic amines) is 1. The standard InChI is InChI=1S/C20H24N4O2/c25-18(23-17-10-7-11-21-14-17)15-22-19(16-8-3-1-4-9-16)20(26)24-12-5-2-6-13-24/h1,3-4,7-11,14,19,22H,2,5-6,12-13,15H2,(H,23,25). The van der Waals surface area contributed by atoms with E-state index in [9.17, 15) is 9.59 Å². The molecule has 6 heteroatoms. The second-order valence-corrected chi connectivity index (χ2v) is 6.40. The second-order valence-electron chi connectivity index (χ2n) is 6.40. The molecule has 1 aromatic carbocycles. The molecule has 26 heavy (non-hydrogen) atoms. The number of pyridine rings is 1. The summed E-state index contributed by atoms with van der Waals surface area (Å²) in [5, 5.41) is 5.91. The Bertz CT molecular complexity index is 715. The molecule has 136 valence electrons. The summed E-state index contributed by atoms with van der Waals surface area (Å²) >= 11 is 0. The van der Waals surface area contributed by atoms with E-state index in [0.717, 1.165) is 31.5 Å². The van der Waals surface area contributed by atoms with E-state index < -0.39 is 6.04 Å². The maximum absolute atomic E-state index is 13.0. The van der Waals surface area contributed by atoms with Gasteiger partial charge >= 0.3 is 0 Å². The van der Waals surface area contributed by atoms with Crippen molar-refractivity contribution in [3.8, 4) is 0 Å². The summed E-state index contributed by atoms with van der Waals surface area (Å²) in [7, 11) is 0. The van der Waals surface area contributed by atoms with Crippen molar-refractivity contribution < 1.29 is 9.59 Å². The van der Waals surface area contributed by atoms with Crippen molar-refractivity contribution in [3.63, 3.8) is 0 Å². The summed E-state index contributed by atoms with van der Waals surface area (Å²) in [5.74, 6) is -0.171. The predicted octanol–water partition coefficient (Wildman–Crippen LogP) is 2.36. The van der Waals surface area contributed by atoms with Gasteiger partial charge in [0, 0.05) is 19.3 Å². The number of amides is 2. The van der Waals surface area contributed by atoms with Gasteiger partial charge in [0.15, 0.2) is 0 Å². The molecule has 1 fully saturated rings. The summed E-state index contributed by atoms with van der Waals surface area (Å²) in [6, 6.07) is 12.6. The van der Waals surface area contributed by atoms with E-state index in [0.29, 0.717) is 5.69 Å². The molecule has 2 N–H and O–H groups in total. The molecule has 0 radical (unpaired) electrons. The highest BCUT2D eigenvalue weighted by atomic mass is 16.2. The van der Waals surface area contributed by atoms with Crippen LogP contribution in [0.15, 0.2) is 54.9 Å². The molecule has 0 saturated carbocycles. The van der Waals surface area contributed by atoms with Crippen molar-refractivity contribution in [1.82, 2.24) is 15.2 Å². The first-order valence-corrected chi connectivity index (χ1v) is 9.01. The lowest BCUT2D eigenvalue weighted by atomic mass is 10.0. The SMILES string of the molecule is O=C(CNC(C(=O)N1CCCCC1)c1ccccc1)Nc1cccnc1. The van der Waals surface area contributed by atoms with Crippen molar-refractivity contribution in [3.05, 3.63) is 60.4 Å². The Morgan fingerprint density at radius 1 is 1.04 bits per heavy atom. The summed E-state index contributed by atoms with van der Waals surface area (Å²) < 4.78 is 0. The van der Waals surface area contributed by atoms with Gasteiger partial charge in [0.05, 0.1) is 18.4 Å². The van der Waals surface area contributed by atoms with Crippen molar-refractivity contribution >= 4 is 17.5 Å². The third-order valence-corrected chi connectivity index (χ3v) is 4.46. The van der Waals surface area contributed by atoms with E-state index in [2.05, 4.69) is 15.6 Å². The molecule has 2 aromatic rings. The van der Waals surface area contributed by atoms with E-state index in [1.54, 1.807) is 24.5 Å². The van der Waals surface area contributed by atoms with Gasteiger partial charge in [0.1, 0.15) is 6.04 Å². The average Bonchev–Trinajstić information content (AvgIpc) is 2.70. The Morgan fingerprint density at radius 2 is 1.81 bits per heavy atom. The molecule has 1 unspecified atom stereocenters. The van der Waals surface area contributed by atoms with Gasteiger partial charge in [-0.2, -0.15) is 0 Å². The van der Waals surface area contributed by atoms with E-state index in [1.165, 1.54) is 6.42 Å². The van der Waals surface area contributed by atoms with Crippen LogP contribution in [0.2, 0.25) is 0 Å². The molecule has 1 aliphatic rings. The largest absolute Gasteiger partial charge is 0.341 e. The third kappa shape index (κ3) is 4.89. The van der Waals surface area contributed by atoms with Gasteiger partial charge < -0.3 is 10.2 Å². The normalized spacial score (nSPS) is 15.3. The van der Waals surface area contributed by atoms with Gasteiger partial charge in [-0.15, -0.1) is 0 Å². The zero-order valence-electron chi connectivity index (χ0n) is 14.7. The summed E-state index contributed by atoms with van der Waals surface area (Å²) in [6.45, 7) is 1.62. The zero-order valence-corrected chi connectivity index (χ0v) is 14.7. The van der Waals surface area contributed by atoms with Crippen LogP contribution >= 0.6 is 0 Å². The Morgan fingerprint density at radius 3 is 2.50 bits per heavy atom. The zero-order chi connectivity index (χ0) is 18.2. The third-order valence-electron chi connectivity index (χ3n) is 4.46. The molecule has 1 aromatic heterocycles. The molecular weight excluding hydrogens is 328 g/mol. The fraction of sp³-hybridized carbons (Fsp3) is 0.350. The predicted molar refractivity (Wildman–Crippen MR) is 100 cm³/mol. The number of carbonyl (C=O) groups excluding carboxylic acids is 2. The molecule has 2 heterocycles. The minimum atomic E-state index is -0.519. The topological polar surface area (TPSA) is 74.3 Å². The van der Waals surface area contributed by atoms with E-state index in [-0.39, 0.29) is 18.4 Å². The highest BCUT2D eigenvalue weighted by molar-refractivity contribution is 5.92. The van der Waals surface area contributed by atoms with Crippen molar-refractivity contribution in [2.24, 2.45) is 0 Å². The average molecular weight is 352 g/mol. The number of benzene rings is 1. The quantitative estimate of drug-likeness (QED) is 0.837. The molecule has 1 aliphatic heterocycles. The smallest absolute Gasteiger partial charge is 0.244 e. The number of rotatable bonds is 6. The fourth-order valence-corrected chi connectivity index (χ4v) is 3.13. The van der Waals surface area contributed by atoms with Crippen molar-refractivity contribution in [1.29, 1.82) is 0 Å². The molecule has 1 atom stereocenters. The number of aromatic nitrogens is 1. The Hall–Kier alpha value is -2.73. The van der Waals surface area contributed by atoms with Crippen molar-refractivity contribution in [2.45, 2.75) is 25.3 Å². The number of anilines is 1. The first kappa shape index (κ1) is 18.1. The van der Waals surface area contributed by atoms with E-state index in [4.69, 9.17) is 0 Å². The number of piperidine rings is 1. The van der Waals surface area contributed by atoms with Crippen LogP contribution in [0, 0.1) is 0 Å². The van der Waals surface area contributed by atoms with Gasteiger partial charge in [-0.05, 0) is 37.0 Å². The molecule has 6 nitrogen and oxygen atoms in total. The van der Waals surface area contributed by atoms with E-state index in [1.807, 2.05) is 35.2 Å². The van der Waals surface area contributed by atoms with Crippen LogP contribution in [-0.4, -0.2) is 41.3 Å². The minimum Gasteiger partial charge on any atom is -0.341 e. The highest BCUT2D eigenvalue weighted by Crippen LogP contribution is 2.19. The van der Waals surface area contributed by atoms with Crippen molar-refractivity contribution in [2.75, 3.05) is 25.0 Å². The van der Waals surface area contributed by atoms with Gasteiger partial charge in [0.25, 0.3) is 0 Å². The fourth-order valence-electron chi connectivity index (χ4n) is 3.13. The van der Waals surface area contributed by atoms with Gasteiger partial charge in [-0.1, -0.05) is 30.3 Å². The number of hydrogen-bond acceptors (Lipinski definition) is 4. The molecule has 0 spiro atoms. The van der Waals surface area contributed by atoms with Crippen LogP contribution in [0.25, 0.3) is 0 Å². The van der Waals surface area contributed by atoms with Crippen LogP contribution in [0.5, 0.6) is 0 Å². The molecule has 2 amide bonds. The Labute approximate surface area is 153 Å². The molecular formula is C20H24N4O2. The Balaban J connectivity index is 1.65. The number of carbonyl (C=O) groups is 2. The second kappa shape index (κ2) is 9.10. The molecule has 1 saturated heterocycles. The van der Waals surface area contributed by atoms with Crippen LogP contribution in [-0.2, 0) is 9.59 Å². The Kier molecular flexibility index (Phi) is 6.33. The number of nitrogens with zero attached hydrogens (tertiary/aromatic N) is 2. The van der Waals surface area contributed by atoms with Crippen LogP contribution in [0.3, 0.4) is 0 Å².